The first kappa shape index (κ1) is 64.3. The van der Waals surface area contributed by atoms with Gasteiger partial charge in [0.15, 0.2) is 5.72 Å². The molecule has 7 rings (SSSR count). The Balaban J connectivity index is 0.925. The number of hydrogen-bond donors (Lipinski definition) is 3. The number of alkyl carbamates (subject to hydrolysis) is 1. The number of ether oxygens (including phenoxy) is 6. The molecule has 6 amide bonds. The Kier molecular flexibility index (Phi) is 21.1. The number of fused-ring (bicyclic) bond motifs is 6. The van der Waals surface area contributed by atoms with E-state index in [4.69, 9.17) is 44.9 Å². The highest BCUT2D eigenvalue weighted by molar-refractivity contribution is 8.77. The Labute approximate surface area is 494 Å². The average molecular weight is 1220 g/mol. The molecule has 0 aromatic heterocycles. The number of halogens is 2. The fourth-order valence-corrected chi connectivity index (χ4v) is 13.0. The van der Waals surface area contributed by atoms with Crippen molar-refractivity contribution in [3.05, 3.63) is 75.6 Å². The van der Waals surface area contributed by atoms with Crippen molar-refractivity contribution in [1.29, 1.82) is 0 Å². The van der Waals surface area contributed by atoms with Gasteiger partial charge in [0, 0.05) is 81.4 Å². The summed E-state index contributed by atoms with van der Waals surface area (Å²) in [6, 6.07) is 5.28. The number of aliphatic hydroxyl groups is 1. The monoisotopic (exact) mass is 1210 g/mol. The number of rotatable bonds is 19. The molecule has 3 saturated heterocycles. The number of methoxy groups -OCH3 is 2. The standard InChI is InChI=1S/C57H72ClFN6O16S2/c1-31-13-11-14-42(76-10)57(74)29-41(78-54(73)60-57)32(2)52-56(6,80-52)43(28-48(70)64(8)39-24-34(23-31)25-40(75-9)51(39)58)79-53(72)33(3)63(7)45(67)20-22-82-83-55(4,5)30-44(66)62-61-38-17-16-35-26-36(27-37(59)50(35)38)77-21-12-15-49(71)81-65-46(68)18-19-47(65)69/h11,13-14,24-27,32-33,41-43,52,74H,12,15-23,28-30H2,1-10H3,(H,60,73)(H,62,66)/b14-11+,31-13+,61-38+/t32-,33+,41+,42-,43+,52+,56+,57+/m1/s1. The van der Waals surface area contributed by atoms with Crippen LogP contribution in [-0.4, -0.2) is 156 Å². The highest BCUT2D eigenvalue weighted by atomic mass is 35.5. The van der Waals surface area contributed by atoms with Crippen molar-refractivity contribution in [3.8, 4) is 11.5 Å². The SMILES string of the molecule is COc1cc2cc(c1Cl)N(C)C(=O)C[C@H](OC(=O)[C@H](C)N(C)C(=O)CCSSC(C)(C)CC(=O)N/N=C1\CCc3cc(OCCCC(=O)ON4C(=O)CCC4=O)cc(F)c31)[C@]1(C)O[C@H]1[C@H](C)[C@@H]1C[C@@](O)(NC(=O)O1)[C@H](OC)/C=C/C=C(\C)C2. The molecule has 4 aliphatic heterocycles. The number of carbonyl (C=O) groups excluding carboxylic acids is 8. The Morgan fingerprint density at radius 1 is 1.06 bits per heavy atom. The third kappa shape index (κ3) is 15.7. The van der Waals surface area contributed by atoms with E-state index in [1.807, 2.05) is 26.8 Å². The summed E-state index contributed by atoms with van der Waals surface area (Å²) in [6.45, 7) is 10.6. The van der Waals surface area contributed by atoms with Crippen LogP contribution in [0.1, 0.15) is 116 Å². The highest BCUT2D eigenvalue weighted by Gasteiger charge is 2.64. The van der Waals surface area contributed by atoms with Gasteiger partial charge in [-0.3, -0.25) is 29.3 Å². The van der Waals surface area contributed by atoms with Crippen molar-refractivity contribution < 1.29 is 81.1 Å². The van der Waals surface area contributed by atoms with E-state index < -0.39 is 99.9 Å². The minimum absolute atomic E-state index is 0.0120. The van der Waals surface area contributed by atoms with Crippen molar-refractivity contribution in [2.45, 2.75) is 159 Å². The molecule has 2 aromatic rings. The van der Waals surface area contributed by atoms with Crippen LogP contribution in [0.5, 0.6) is 11.5 Å². The lowest BCUT2D eigenvalue weighted by Gasteiger charge is -2.42. The van der Waals surface area contributed by atoms with Crippen molar-refractivity contribution in [3.63, 3.8) is 0 Å². The van der Waals surface area contributed by atoms with Gasteiger partial charge in [-0.25, -0.2) is 24.2 Å². The van der Waals surface area contributed by atoms with Crippen LogP contribution in [0.4, 0.5) is 14.9 Å². The number of anilines is 1. The van der Waals surface area contributed by atoms with Crippen molar-refractivity contribution >= 4 is 92.2 Å². The van der Waals surface area contributed by atoms with Crippen LogP contribution >= 0.6 is 33.2 Å². The van der Waals surface area contributed by atoms with Gasteiger partial charge in [0.2, 0.25) is 17.7 Å². The molecule has 3 fully saturated rings. The maximum absolute atomic E-state index is 15.4. The van der Waals surface area contributed by atoms with E-state index in [9.17, 15) is 43.5 Å². The largest absolute Gasteiger partial charge is 0.495 e. The quantitative estimate of drug-likeness (QED) is 0.0325. The number of esters is 1. The summed E-state index contributed by atoms with van der Waals surface area (Å²) in [5.74, 6) is -4.30. The molecule has 0 unspecified atom stereocenters. The molecule has 4 bridgehead atoms. The van der Waals surface area contributed by atoms with Gasteiger partial charge in [-0.2, -0.15) is 5.10 Å². The Morgan fingerprint density at radius 3 is 2.48 bits per heavy atom. The number of hydrazone groups is 1. The van der Waals surface area contributed by atoms with E-state index in [0.717, 1.165) is 11.1 Å². The third-order valence-electron chi connectivity index (χ3n) is 15.2. The molecule has 0 saturated carbocycles. The second kappa shape index (κ2) is 27.2. The van der Waals surface area contributed by atoms with Crippen LogP contribution in [0.25, 0.3) is 0 Å². The first-order chi connectivity index (χ1) is 39.2. The molecular weight excluding hydrogens is 1140 g/mol. The predicted molar refractivity (Wildman–Crippen MR) is 306 cm³/mol. The van der Waals surface area contributed by atoms with E-state index in [-0.39, 0.29) is 80.2 Å². The second-order valence-electron chi connectivity index (χ2n) is 22.0. The van der Waals surface area contributed by atoms with E-state index in [1.54, 1.807) is 51.2 Å². The lowest BCUT2D eigenvalue weighted by Crippen LogP contribution is -2.63. The molecule has 2 aromatic carbocycles. The average Bonchev–Trinajstić information content (AvgIpc) is 4.08. The Bertz CT molecular complexity index is 2950. The predicted octanol–water partition coefficient (Wildman–Crippen LogP) is 6.83. The number of nitrogens with one attached hydrogen (secondary N) is 2. The second-order valence-corrected chi connectivity index (χ2v) is 25.5. The number of hydrogen-bond acceptors (Lipinski definition) is 19. The third-order valence-corrected chi connectivity index (χ3v) is 18.8. The zero-order valence-electron chi connectivity index (χ0n) is 48.1. The fourth-order valence-electron chi connectivity index (χ4n) is 10.3. The minimum atomic E-state index is -1.89. The van der Waals surface area contributed by atoms with Gasteiger partial charge in [-0.1, -0.05) is 63.9 Å². The van der Waals surface area contributed by atoms with Crippen LogP contribution in [0.2, 0.25) is 5.02 Å². The molecule has 26 heteroatoms. The molecule has 0 radical (unpaired) electrons. The van der Waals surface area contributed by atoms with Gasteiger partial charge in [0.25, 0.3) is 11.8 Å². The first-order valence-corrected chi connectivity index (χ1v) is 29.9. The van der Waals surface area contributed by atoms with Gasteiger partial charge >= 0.3 is 18.0 Å². The van der Waals surface area contributed by atoms with Crippen LogP contribution in [0.15, 0.2) is 53.2 Å². The van der Waals surface area contributed by atoms with Crippen LogP contribution in [0, 0.1) is 11.7 Å². The van der Waals surface area contributed by atoms with E-state index in [2.05, 4.69) is 15.8 Å². The Hall–Kier alpha value is -6.25. The lowest BCUT2D eigenvalue weighted by molar-refractivity contribution is -0.197. The number of benzene rings is 2. The van der Waals surface area contributed by atoms with Gasteiger partial charge in [-0.05, 0) is 89.6 Å². The molecule has 1 aliphatic carbocycles. The van der Waals surface area contributed by atoms with Gasteiger partial charge in [0.1, 0.15) is 52.3 Å². The summed E-state index contributed by atoms with van der Waals surface area (Å²) >= 11 is 6.83. The summed E-state index contributed by atoms with van der Waals surface area (Å²) in [5.41, 5.74) is 2.63. The molecule has 8 atom stereocenters. The molecule has 83 heavy (non-hydrogen) atoms. The minimum Gasteiger partial charge on any atom is -0.495 e. The molecule has 0 spiro atoms. The number of hydroxylamine groups is 2. The molecule has 4 heterocycles. The smallest absolute Gasteiger partial charge is 0.409 e. The zero-order valence-corrected chi connectivity index (χ0v) is 50.5. The number of imide groups is 1. The summed E-state index contributed by atoms with van der Waals surface area (Å²) in [5, 5.41) is 19.3. The fraction of sp³-hybridized carbons (Fsp3) is 0.561. The number of carbonyl (C=O) groups is 8. The van der Waals surface area contributed by atoms with Crippen LogP contribution in [0.3, 0.4) is 0 Å². The number of nitrogens with zero attached hydrogens (tertiary/aromatic N) is 4. The normalized spacial score (nSPS) is 26.4. The number of epoxide rings is 1. The topological polar surface area (TPSA) is 271 Å². The maximum Gasteiger partial charge on any atom is 0.409 e. The molecule has 452 valence electrons. The highest BCUT2D eigenvalue weighted by Crippen LogP contribution is 2.49. The van der Waals surface area contributed by atoms with E-state index in [0.29, 0.717) is 52.8 Å². The number of likely N-dealkylation sites (N-methyl/N-ethyl adjacent to an activating group) is 1. The summed E-state index contributed by atoms with van der Waals surface area (Å²) < 4.78 is 49.9. The number of aryl methyl sites for hydroxylation is 1. The summed E-state index contributed by atoms with van der Waals surface area (Å²) in [6.07, 6.45) is 1.26. The summed E-state index contributed by atoms with van der Waals surface area (Å²) in [7, 11) is 8.65. The van der Waals surface area contributed by atoms with Crippen LogP contribution < -0.4 is 25.1 Å². The van der Waals surface area contributed by atoms with Crippen molar-refractivity contribution in [2.24, 2.45) is 11.0 Å². The van der Waals surface area contributed by atoms with Crippen LogP contribution in [-0.2, 0) is 70.2 Å². The molecule has 5 aliphatic rings. The molecular formula is C57H72ClFN6O16S2. The summed E-state index contributed by atoms with van der Waals surface area (Å²) in [4.78, 5) is 111. The maximum atomic E-state index is 15.4. The zero-order chi connectivity index (χ0) is 60.7. The first-order valence-electron chi connectivity index (χ1n) is 27.2. The van der Waals surface area contributed by atoms with Gasteiger partial charge in [-0.15, -0.1) is 5.06 Å². The van der Waals surface area contributed by atoms with Gasteiger partial charge in [0.05, 0.1) is 44.1 Å². The Morgan fingerprint density at radius 2 is 1.78 bits per heavy atom. The number of amides is 6. The molecule has 22 nitrogen and oxygen atoms in total. The van der Waals surface area contributed by atoms with Crippen molar-refractivity contribution in [1.82, 2.24) is 20.7 Å². The lowest BCUT2D eigenvalue weighted by atomic mass is 9.83. The van der Waals surface area contributed by atoms with E-state index >= 15 is 4.39 Å². The van der Waals surface area contributed by atoms with Crippen molar-refractivity contribution in [2.75, 3.05) is 45.6 Å². The molecule has 3 N–H and O–H groups in total. The number of allylic oxidation sites excluding steroid dienone is 3. The van der Waals surface area contributed by atoms with E-state index in [1.165, 1.54) is 65.6 Å². The van der Waals surface area contributed by atoms with Gasteiger partial charge < -0.3 is 48.2 Å².